The van der Waals surface area contributed by atoms with Crippen LogP contribution >= 0.6 is 12.2 Å². The predicted octanol–water partition coefficient (Wildman–Crippen LogP) is 1.97. The maximum atomic E-state index is 12.6. The van der Waals surface area contributed by atoms with Gasteiger partial charge in [0.1, 0.15) is 5.75 Å². The van der Waals surface area contributed by atoms with Crippen LogP contribution in [0.4, 0.5) is 0 Å². The van der Waals surface area contributed by atoms with Crippen molar-refractivity contribution in [2.75, 3.05) is 13.2 Å². The summed E-state index contributed by atoms with van der Waals surface area (Å²) < 4.78 is 10.9. The first-order valence-electron chi connectivity index (χ1n) is 9.88. The van der Waals surface area contributed by atoms with Crippen molar-refractivity contribution in [3.8, 4) is 5.75 Å². The Morgan fingerprint density at radius 3 is 2.84 bits per heavy atom. The Labute approximate surface area is 190 Å². The summed E-state index contributed by atoms with van der Waals surface area (Å²) in [6.45, 7) is 3.46. The molecular formula is C22H23N5O4S. The molecule has 1 atom stereocenters. The summed E-state index contributed by atoms with van der Waals surface area (Å²) in [6, 6.07) is 10.1. The number of nitrogens with zero attached hydrogens (tertiary/aromatic N) is 2. The number of carbonyl (C=O) groups excluding carboxylic acids is 2. The number of benzene rings is 1. The Balaban J connectivity index is 1.73. The topological polar surface area (TPSA) is 114 Å². The Morgan fingerprint density at radius 1 is 1.28 bits per heavy atom. The number of para-hydroxylation sites is 1. The number of esters is 1. The Bertz CT molecular complexity index is 1060. The average molecular weight is 454 g/mol. The molecule has 166 valence electrons. The van der Waals surface area contributed by atoms with E-state index in [0.29, 0.717) is 27.7 Å². The van der Waals surface area contributed by atoms with Gasteiger partial charge < -0.3 is 20.1 Å². The van der Waals surface area contributed by atoms with Crippen molar-refractivity contribution < 1.29 is 19.1 Å². The van der Waals surface area contributed by atoms with E-state index in [0.717, 1.165) is 5.56 Å². The first-order valence-corrected chi connectivity index (χ1v) is 10.3. The van der Waals surface area contributed by atoms with Crippen LogP contribution in [-0.2, 0) is 14.3 Å². The van der Waals surface area contributed by atoms with Crippen LogP contribution in [0.15, 0.2) is 65.2 Å². The molecule has 0 fully saturated rings. The van der Waals surface area contributed by atoms with Crippen molar-refractivity contribution in [3.63, 3.8) is 0 Å². The van der Waals surface area contributed by atoms with E-state index in [1.807, 2.05) is 12.1 Å². The molecule has 1 aromatic heterocycles. The highest BCUT2D eigenvalue weighted by atomic mass is 32.1. The summed E-state index contributed by atoms with van der Waals surface area (Å²) in [5.41, 5.74) is 4.78. The molecule has 0 spiro atoms. The molecule has 0 bridgehead atoms. The van der Waals surface area contributed by atoms with Gasteiger partial charge in [-0.2, -0.15) is 5.10 Å². The van der Waals surface area contributed by atoms with Crippen LogP contribution in [0, 0.1) is 0 Å². The van der Waals surface area contributed by atoms with Crippen molar-refractivity contribution in [1.82, 2.24) is 21.0 Å². The summed E-state index contributed by atoms with van der Waals surface area (Å²) in [4.78, 5) is 28.7. The van der Waals surface area contributed by atoms with E-state index >= 15 is 0 Å². The molecule has 0 saturated heterocycles. The number of ether oxygens (including phenoxy) is 2. The zero-order valence-corrected chi connectivity index (χ0v) is 18.4. The van der Waals surface area contributed by atoms with Crippen LogP contribution < -0.4 is 20.8 Å². The van der Waals surface area contributed by atoms with E-state index < -0.39 is 17.9 Å². The van der Waals surface area contributed by atoms with Gasteiger partial charge in [0.25, 0.3) is 5.91 Å². The maximum absolute atomic E-state index is 12.6. The van der Waals surface area contributed by atoms with Gasteiger partial charge in [0.15, 0.2) is 11.7 Å². The molecule has 9 nitrogen and oxygen atoms in total. The van der Waals surface area contributed by atoms with Crippen molar-refractivity contribution in [3.05, 3.63) is 71.2 Å². The van der Waals surface area contributed by atoms with Gasteiger partial charge in [0.05, 0.1) is 24.4 Å². The van der Waals surface area contributed by atoms with Crippen LogP contribution in [0.1, 0.15) is 31.0 Å². The number of hydrazone groups is 1. The van der Waals surface area contributed by atoms with Crippen molar-refractivity contribution >= 4 is 35.4 Å². The van der Waals surface area contributed by atoms with Gasteiger partial charge in [-0.05, 0) is 38.2 Å². The minimum Gasteiger partial charge on any atom is -0.483 e. The number of hydrogen-bond acceptors (Lipinski definition) is 7. The molecule has 1 amide bonds. The molecule has 1 aliphatic rings. The molecule has 0 aliphatic carbocycles. The molecule has 10 heteroatoms. The van der Waals surface area contributed by atoms with E-state index in [1.54, 1.807) is 50.5 Å². The molecule has 0 saturated carbocycles. The normalized spacial score (nSPS) is 15.7. The van der Waals surface area contributed by atoms with Gasteiger partial charge in [-0.1, -0.05) is 24.3 Å². The average Bonchev–Trinajstić information content (AvgIpc) is 2.78. The third-order valence-electron chi connectivity index (χ3n) is 4.44. The van der Waals surface area contributed by atoms with E-state index in [2.05, 4.69) is 26.1 Å². The molecule has 1 aliphatic heterocycles. The quantitative estimate of drug-likeness (QED) is 0.241. The second kappa shape index (κ2) is 11.0. The van der Waals surface area contributed by atoms with Crippen molar-refractivity contribution in [1.29, 1.82) is 0 Å². The summed E-state index contributed by atoms with van der Waals surface area (Å²) in [7, 11) is 0. The second-order valence-corrected chi connectivity index (χ2v) is 7.10. The van der Waals surface area contributed by atoms with Gasteiger partial charge >= 0.3 is 5.97 Å². The number of allylic oxidation sites excluding steroid dienone is 1. The number of aromatic nitrogens is 1. The number of hydrogen-bond donors (Lipinski definition) is 3. The molecule has 0 radical (unpaired) electrons. The van der Waals surface area contributed by atoms with Crippen molar-refractivity contribution in [2.45, 2.75) is 19.9 Å². The fraction of sp³-hybridized carbons (Fsp3) is 0.227. The Kier molecular flexibility index (Phi) is 7.87. The lowest BCUT2D eigenvalue weighted by molar-refractivity contribution is -0.139. The van der Waals surface area contributed by atoms with Crippen LogP contribution in [0.25, 0.3) is 0 Å². The number of amides is 1. The van der Waals surface area contributed by atoms with Gasteiger partial charge in [0, 0.05) is 29.2 Å². The molecule has 32 heavy (non-hydrogen) atoms. The Hall–Kier alpha value is -3.79. The smallest absolute Gasteiger partial charge is 0.338 e. The number of thiocarbonyl (C=S) groups is 1. The minimum absolute atomic E-state index is 0.241. The van der Waals surface area contributed by atoms with Gasteiger partial charge in [-0.25, -0.2) is 10.2 Å². The SMILES string of the molecule is CCOC(=O)C1=C(C)NC(=S)N[C@@H]1c1ccccc1OCC(=O)NN=Cc1cccnc1. The molecular weight excluding hydrogens is 430 g/mol. The predicted molar refractivity (Wildman–Crippen MR) is 123 cm³/mol. The lowest BCUT2D eigenvalue weighted by Gasteiger charge is -2.30. The molecule has 3 N–H and O–H groups in total. The first-order chi connectivity index (χ1) is 15.5. The van der Waals surface area contributed by atoms with E-state index in [-0.39, 0.29) is 13.2 Å². The fourth-order valence-corrected chi connectivity index (χ4v) is 3.33. The van der Waals surface area contributed by atoms with Gasteiger partial charge in [0.2, 0.25) is 0 Å². The van der Waals surface area contributed by atoms with Crippen molar-refractivity contribution in [2.24, 2.45) is 5.10 Å². The highest BCUT2D eigenvalue weighted by Gasteiger charge is 2.32. The largest absolute Gasteiger partial charge is 0.483 e. The van der Waals surface area contributed by atoms with Crippen LogP contribution in [0.2, 0.25) is 0 Å². The summed E-state index contributed by atoms with van der Waals surface area (Å²) in [6.07, 6.45) is 4.75. The number of nitrogens with one attached hydrogen (secondary N) is 3. The summed E-state index contributed by atoms with van der Waals surface area (Å²) in [5, 5.41) is 10.3. The monoisotopic (exact) mass is 453 g/mol. The third-order valence-corrected chi connectivity index (χ3v) is 4.66. The van der Waals surface area contributed by atoms with E-state index in [1.165, 1.54) is 6.21 Å². The molecule has 3 rings (SSSR count). The Morgan fingerprint density at radius 2 is 2.09 bits per heavy atom. The maximum Gasteiger partial charge on any atom is 0.338 e. The second-order valence-electron chi connectivity index (χ2n) is 6.70. The summed E-state index contributed by atoms with van der Waals surface area (Å²) in [5.74, 6) is -0.475. The highest BCUT2D eigenvalue weighted by molar-refractivity contribution is 7.80. The lowest BCUT2D eigenvalue weighted by atomic mass is 9.95. The number of carbonyl (C=O) groups is 2. The first kappa shape index (κ1) is 22.9. The third kappa shape index (κ3) is 5.88. The number of pyridine rings is 1. The molecule has 0 unspecified atom stereocenters. The van der Waals surface area contributed by atoms with E-state index in [9.17, 15) is 9.59 Å². The summed E-state index contributed by atoms with van der Waals surface area (Å²) >= 11 is 5.27. The number of rotatable bonds is 8. The van der Waals surface area contributed by atoms with E-state index in [4.69, 9.17) is 21.7 Å². The van der Waals surface area contributed by atoms with Crippen LogP contribution in [-0.4, -0.2) is 41.4 Å². The standard InChI is InChI=1S/C22H23N5O4S/c1-3-30-21(29)19-14(2)25-22(32)26-20(19)16-8-4-5-9-17(16)31-13-18(28)27-24-12-15-7-6-10-23-11-15/h4-12,20H,3,13H2,1-2H3,(H,27,28)(H2,25,26,32)/t20-/m1/s1. The molecule has 2 aromatic rings. The highest BCUT2D eigenvalue weighted by Crippen LogP contribution is 2.33. The zero-order valence-electron chi connectivity index (χ0n) is 17.6. The van der Waals surface area contributed by atoms with Gasteiger partial charge in [-0.3, -0.25) is 9.78 Å². The van der Waals surface area contributed by atoms with Crippen LogP contribution in [0.3, 0.4) is 0 Å². The lowest BCUT2D eigenvalue weighted by Crippen LogP contribution is -2.45. The molecule has 1 aromatic carbocycles. The zero-order chi connectivity index (χ0) is 22.9. The van der Waals surface area contributed by atoms with Gasteiger partial charge in [-0.15, -0.1) is 0 Å². The van der Waals surface area contributed by atoms with Crippen LogP contribution in [0.5, 0.6) is 5.75 Å². The fourth-order valence-electron chi connectivity index (χ4n) is 3.06. The molecule has 2 heterocycles. The minimum atomic E-state index is -0.592.